The summed E-state index contributed by atoms with van der Waals surface area (Å²) in [6, 6.07) is 7.58. The lowest BCUT2D eigenvalue weighted by Gasteiger charge is -2.22. The summed E-state index contributed by atoms with van der Waals surface area (Å²) in [5, 5.41) is 12.5. The highest BCUT2D eigenvalue weighted by atomic mass is 16.6. The summed E-state index contributed by atoms with van der Waals surface area (Å²) >= 11 is 0. The minimum absolute atomic E-state index is 0.00353. The average Bonchev–Trinajstić information content (AvgIpc) is 3.01. The number of hydrogen-bond donors (Lipinski definition) is 2. The Kier molecular flexibility index (Phi) is 6.65. The molecular weight excluding hydrogens is 388 g/mol. The number of carbonyl (C=O) groups excluding carboxylic acids is 3. The van der Waals surface area contributed by atoms with Crippen LogP contribution >= 0.6 is 0 Å². The molecule has 1 fully saturated rings. The molecule has 160 valence electrons. The fraction of sp³-hybridized carbons (Fsp3) is 0.450. The second-order valence-corrected chi connectivity index (χ2v) is 7.48. The number of aromatic nitrogens is 2. The first-order valence-corrected chi connectivity index (χ1v) is 9.90. The summed E-state index contributed by atoms with van der Waals surface area (Å²) in [7, 11) is 0. The molecule has 2 heterocycles. The molecule has 1 aromatic heterocycles. The van der Waals surface area contributed by atoms with Crippen molar-refractivity contribution in [2.45, 2.75) is 33.1 Å². The van der Waals surface area contributed by atoms with Crippen LogP contribution in [0.5, 0.6) is 0 Å². The maximum atomic E-state index is 12.8. The number of rotatable bonds is 4. The van der Waals surface area contributed by atoms with Gasteiger partial charge in [-0.25, -0.2) is 9.42 Å². The lowest BCUT2D eigenvalue weighted by Crippen LogP contribution is -2.39. The van der Waals surface area contributed by atoms with Gasteiger partial charge in [0, 0.05) is 38.8 Å². The van der Waals surface area contributed by atoms with Gasteiger partial charge in [0.2, 0.25) is 17.4 Å². The smallest absolute Gasteiger partial charge is 0.321 e. The molecule has 0 atom stereocenters. The quantitative estimate of drug-likeness (QED) is 0.793. The standard InChI is InChI=1S/C20H26N6O4/c1-13(2)15-5-7-16(8-6-15)22-20(29)26-10-4-9-25(11-12-26)19(28)17-18(21-14(3)27)24-30-23-17/h5-8,13H,4,9-12H2,1-3H3,(H,22,29)(H,21,24,27). The van der Waals surface area contributed by atoms with E-state index in [4.69, 9.17) is 0 Å². The van der Waals surface area contributed by atoms with Crippen LogP contribution in [-0.2, 0) is 4.79 Å². The number of anilines is 2. The number of hydrogen-bond acceptors (Lipinski definition) is 6. The predicted molar refractivity (Wildman–Crippen MR) is 110 cm³/mol. The number of urea groups is 1. The SMILES string of the molecule is CC(=O)Nc1nonc1C(=O)N1CCCN(C(=O)Nc2ccc(C(C)C)cc2)CC1. The van der Waals surface area contributed by atoms with E-state index >= 15 is 0 Å². The minimum atomic E-state index is -0.397. The molecule has 1 aliphatic heterocycles. The molecule has 0 aliphatic carbocycles. The van der Waals surface area contributed by atoms with E-state index in [0.717, 1.165) is 5.69 Å². The largest absolute Gasteiger partial charge is 0.335 e. The van der Waals surface area contributed by atoms with Crippen LogP contribution in [0.25, 0.3) is 0 Å². The first-order chi connectivity index (χ1) is 14.3. The van der Waals surface area contributed by atoms with E-state index < -0.39 is 5.91 Å². The Morgan fingerprint density at radius 3 is 2.30 bits per heavy atom. The Hall–Kier alpha value is -3.43. The second-order valence-electron chi connectivity index (χ2n) is 7.48. The third kappa shape index (κ3) is 5.13. The fourth-order valence-corrected chi connectivity index (χ4v) is 3.20. The predicted octanol–water partition coefficient (Wildman–Crippen LogP) is 2.53. The summed E-state index contributed by atoms with van der Waals surface area (Å²) in [6.07, 6.45) is 0.617. The number of carbonyl (C=O) groups is 3. The van der Waals surface area contributed by atoms with Crippen LogP contribution in [0, 0.1) is 0 Å². The monoisotopic (exact) mass is 414 g/mol. The maximum Gasteiger partial charge on any atom is 0.321 e. The normalized spacial score (nSPS) is 14.4. The Labute approximate surface area is 174 Å². The van der Waals surface area contributed by atoms with Gasteiger partial charge in [-0.05, 0) is 40.3 Å². The molecule has 0 radical (unpaired) electrons. The van der Waals surface area contributed by atoms with Crippen LogP contribution in [-0.4, -0.2) is 64.1 Å². The van der Waals surface area contributed by atoms with Gasteiger partial charge in [0.1, 0.15) is 0 Å². The van der Waals surface area contributed by atoms with E-state index in [-0.39, 0.29) is 23.5 Å². The Morgan fingerprint density at radius 2 is 1.63 bits per heavy atom. The second kappa shape index (κ2) is 9.38. The van der Waals surface area contributed by atoms with Crippen molar-refractivity contribution in [1.29, 1.82) is 0 Å². The first kappa shape index (κ1) is 21.3. The van der Waals surface area contributed by atoms with Gasteiger partial charge in [-0.2, -0.15) is 0 Å². The van der Waals surface area contributed by atoms with Crippen LogP contribution in [0.3, 0.4) is 0 Å². The molecule has 10 nitrogen and oxygen atoms in total. The highest BCUT2D eigenvalue weighted by Gasteiger charge is 2.27. The van der Waals surface area contributed by atoms with Gasteiger partial charge in [-0.1, -0.05) is 26.0 Å². The van der Waals surface area contributed by atoms with E-state index in [1.165, 1.54) is 12.5 Å². The molecule has 0 spiro atoms. The summed E-state index contributed by atoms with van der Waals surface area (Å²) < 4.78 is 4.60. The van der Waals surface area contributed by atoms with Gasteiger partial charge in [-0.15, -0.1) is 0 Å². The van der Waals surface area contributed by atoms with Crippen LogP contribution in [0.15, 0.2) is 28.9 Å². The molecule has 0 bridgehead atoms. The van der Waals surface area contributed by atoms with E-state index in [2.05, 4.69) is 39.4 Å². The van der Waals surface area contributed by atoms with Crippen molar-refractivity contribution in [3.05, 3.63) is 35.5 Å². The molecule has 1 aromatic carbocycles. The van der Waals surface area contributed by atoms with Crippen molar-refractivity contribution in [3.63, 3.8) is 0 Å². The van der Waals surface area contributed by atoms with Crippen LogP contribution in [0.2, 0.25) is 0 Å². The third-order valence-electron chi connectivity index (χ3n) is 4.88. The molecule has 2 N–H and O–H groups in total. The van der Waals surface area contributed by atoms with Crippen molar-refractivity contribution >= 4 is 29.4 Å². The van der Waals surface area contributed by atoms with Crippen LogP contribution in [0.1, 0.15) is 49.2 Å². The minimum Gasteiger partial charge on any atom is -0.335 e. The highest BCUT2D eigenvalue weighted by molar-refractivity contribution is 6.00. The molecule has 4 amide bonds. The number of amides is 4. The first-order valence-electron chi connectivity index (χ1n) is 9.90. The number of benzene rings is 1. The molecule has 10 heteroatoms. The summed E-state index contributed by atoms with van der Waals surface area (Å²) in [6.45, 7) is 7.24. The molecule has 3 rings (SSSR count). The summed E-state index contributed by atoms with van der Waals surface area (Å²) in [5.41, 5.74) is 1.89. The molecule has 0 saturated carbocycles. The van der Waals surface area contributed by atoms with E-state index in [0.29, 0.717) is 38.5 Å². The Bertz CT molecular complexity index is 908. The van der Waals surface area contributed by atoms with Gasteiger partial charge < -0.3 is 20.4 Å². The third-order valence-corrected chi connectivity index (χ3v) is 4.88. The molecule has 1 saturated heterocycles. The summed E-state index contributed by atoms with van der Waals surface area (Å²) in [5.74, 6) is -0.349. The van der Waals surface area contributed by atoms with Crippen molar-refractivity contribution in [1.82, 2.24) is 20.1 Å². The zero-order chi connectivity index (χ0) is 21.7. The fourth-order valence-electron chi connectivity index (χ4n) is 3.20. The topological polar surface area (TPSA) is 121 Å². The summed E-state index contributed by atoms with van der Waals surface area (Å²) in [4.78, 5) is 39.9. The van der Waals surface area contributed by atoms with E-state index in [1.807, 2.05) is 24.3 Å². The van der Waals surface area contributed by atoms with Crippen molar-refractivity contribution < 1.29 is 19.0 Å². The van der Waals surface area contributed by atoms with Crippen molar-refractivity contribution in [2.24, 2.45) is 0 Å². The Morgan fingerprint density at radius 1 is 0.967 bits per heavy atom. The van der Waals surface area contributed by atoms with E-state index in [1.54, 1.807) is 9.80 Å². The highest BCUT2D eigenvalue weighted by Crippen LogP contribution is 2.18. The van der Waals surface area contributed by atoms with Crippen LogP contribution in [0.4, 0.5) is 16.3 Å². The Balaban J connectivity index is 1.59. The molecule has 30 heavy (non-hydrogen) atoms. The van der Waals surface area contributed by atoms with Crippen LogP contribution < -0.4 is 10.6 Å². The van der Waals surface area contributed by atoms with Crippen molar-refractivity contribution in [3.8, 4) is 0 Å². The molecule has 0 unspecified atom stereocenters. The van der Waals surface area contributed by atoms with Gasteiger partial charge in [0.05, 0.1) is 0 Å². The van der Waals surface area contributed by atoms with Gasteiger partial charge >= 0.3 is 6.03 Å². The number of nitrogens with zero attached hydrogens (tertiary/aromatic N) is 4. The van der Waals surface area contributed by atoms with Crippen molar-refractivity contribution in [2.75, 3.05) is 36.8 Å². The van der Waals surface area contributed by atoms with Gasteiger partial charge in [0.15, 0.2) is 0 Å². The van der Waals surface area contributed by atoms with Gasteiger partial charge in [-0.3, -0.25) is 9.59 Å². The zero-order valence-electron chi connectivity index (χ0n) is 17.3. The number of nitrogens with one attached hydrogen (secondary N) is 2. The molecule has 2 aromatic rings. The average molecular weight is 414 g/mol. The zero-order valence-corrected chi connectivity index (χ0v) is 17.3. The molecular formula is C20H26N6O4. The van der Waals surface area contributed by atoms with E-state index in [9.17, 15) is 14.4 Å². The maximum absolute atomic E-state index is 12.8. The molecule has 1 aliphatic rings. The lowest BCUT2D eigenvalue weighted by atomic mass is 10.0. The van der Waals surface area contributed by atoms with Gasteiger partial charge in [0.25, 0.3) is 5.91 Å². The lowest BCUT2D eigenvalue weighted by molar-refractivity contribution is -0.114.